The van der Waals surface area contributed by atoms with Crippen LogP contribution in [0.4, 0.5) is 0 Å². The van der Waals surface area contributed by atoms with Crippen LogP contribution in [-0.4, -0.2) is 84.8 Å². The smallest absolute Gasteiger partial charge is 0.224 e. The Morgan fingerprint density at radius 1 is 0.400 bits per heavy atom. The van der Waals surface area contributed by atoms with E-state index < -0.39 is 54.8 Å². The van der Waals surface area contributed by atoms with Gasteiger partial charge in [0.25, 0.3) is 0 Å². The number of ether oxygens (including phenoxy) is 9. The Morgan fingerprint density at radius 2 is 0.754 bits per heavy atom. The number of benzene rings is 6. The van der Waals surface area contributed by atoms with Crippen LogP contribution in [0.25, 0.3) is 0 Å². The van der Waals surface area contributed by atoms with Gasteiger partial charge in [-0.2, -0.15) is 0 Å². The minimum atomic E-state index is -1.95. The van der Waals surface area contributed by atoms with Crippen LogP contribution in [0, 0.1) is 0 Å². The van der Waals surface area contributed by atoms with Gasteiger partial charge in [-0.05, 0) is 33.4 Å². The van der Waals surface area contributed by atoms with Crippen molar-refractivity contribution in [1.29, 1.82) is 0 Å². The standard InChI is InChI=1S/C54H58O11/c55-48-46(37-57-31-40-19-7-1-8-20-40)64-54(52(48)56,39-59-33-42-23-11-3-12-24-42)65-53-51(62-36-45-29-17-6-18-30-45)50(61-35-44-27-15-5-16-28-44)49(60-34-43-25-13-4-14-26-43)47(63-53)38-58-32-41-21-9-2-10-22-41/h1-30,46-53,55-56H,31-39H2/t46-,47-,48-,49-,50+,51+,52-,53-,54+/m1/s1. The number of hydrogen-bond donors (Lipinski definition) is 2. The van der Waals surface area contributed by atoms with Crippen LogP contribution in [0.1, 0.15) is 33.4 Å². The molecule has 2 heterocycles. The van der Waals surface area contributed by atoms with E-state index in [0.717, 1.165) is 33.4 Å². The van der Waals surface area contributed by atoms with Crippen LogP contribution in [-0.2, 0) is 82.3 Å². The van der Waals surface area contributed by atoms with E-state index in [4.69, 9.17) is 42.6 Å². The topological polar surface area (TPSA) is 124 Å². The van der Waals surface area contributed by atoms with Gasteiger partial charge in [-0.25, -0.2) is 0 Å². The summed E-state index contributed by atoms with van der Waals surface area (Å²) >= 11 is 0. The van der Waals surface area contributed by atoms with Crippen molar-refractivity contribution in [3.8, 4) is 0 Å². The van der Waals surface area contributed by atoms with E-state index in [0.29, 0.717) is 6.61 Å². The molecule has 2 aliphatic heterocycles. The first-order valence-electron chi connectivity index (χ1n) is 22.2. The van der Waals surface area contributed by atoms with E-state index in [2.05, 4.69) is 0 Å². The van der Waals surface area contributed by atoms with Gasteiger partial charge >= 0.3 is 0 Å². The third kappa shape index (κ3) is 13.0. The summed E-state index contributed by atoms with van der Waals surface area (Å²) in [6.45, 7) is 1.18. The molecule has 8 rings (SSSR count). The van der Waals surface area contributed by atoms with Gasteiger partial charge in [0.05, 0.1) is 52.9 Å². The van der Waals surface area contributed by atoms with Crippen molar-refractivity contribution in [3.05, 3.63) is 215 Å². The summed E-state index contributed by atoms with van der Waals surface area (Å²) in [5, 5.41) is 23.8. The Hall–Kier alpha value is -5.12. The molecule has 6 aromatic carbocycles. The zero-order valence-electron chi connectivity index (χ0n) is 36.4. The lowest BCUT2D eigenvalue weighted by atomic mass is 9.97. The lowest BCUT2D eigenvalue weighted by Crippen LogP contribution is -2.64. The Bertz CT molecular complexity index is 2220. The third-order valence-electron chi connectivity index (χ3n) is 11.5. The van der Waals surface area contributed by atoms with Crippen LogP contribution in [0.15, 0.2) is 182 Å². The van der Waals surface area contributed by atoms with E-state index in [9.17, 15) is 10.2 Å². The van der Waals surface area contributed by atoms with Crippen molar-refractivity contribution in [2.45, 2.75) is 94.4 Å². The Morgan fingerprint density at radius 3 is 1.18 bits per heavy atom. The molecule has 0 amide bonds. The first-order valence-corrected chi connectivity index (χ1v) is 22.2. The second kappa shape index (κ2) is 23.9. The van der Waals surface area contributed by atoms with Crippen molar-refractivity contribution < 1.29 is 52.8 Å². The summed E-state index contributed by atoms with van der Waals surface area (Å²) in [6.07, 6.45) is -8.56. The highest BCUT2D eigenvalue weighted by atomic mass is 16.8. The third-order valence-corrected chi connectivity index (χ3v) is 11.5. The fraction of sp³-hybridized carbons (Fsp3) is 0.333. The molecule has 2 fully saturated rings. The van der Waals surface area contributed by atoms with Gasteiger partial charge in [0.1, 0.15) is 49.3 Å². The lowest BCUT2D eigenvalue weighted by Gasteiger charge is -2.48. The van der Waals surface area contributed by atoms with Crippen LogP contribution >= 0.6 is 0 Å². The van der Waals surface area contributed by atoms with Crippen molar-refractivity contribution in [2.24, 2.45) is 0 Å². The Balaban J connectivity index is 1.13. The number of hydrogen-bond acceptors (Lipinski definition) is 11. The molecule has 11 heteroatoms. The summed E-state index contributed by atoms with van der Waals surface area (Å²) < 4.78 is 60.0. The molecule has 11 nitrogen and oxygen atoms in total. The van der Waals surface area contributed by atoms with Gasteiger partial charge in [0.2, 0.25) is 5.79 Å². The normalized spacial score (nSPS) is 25.4. The molecule has 0 unspecified atom stereocenters. The molecular formula is C54H58O11. The van der Waals surface area contributed by atoms with Gasteiger partial charge in [0, 0.05) is 0 Å². The van der Waals surface area contributed by atoms with Crippen molar-refractivity contribution >= 4 is 0 Å². The molecule has 2 N–H and O–H groups in total. The number of rotatable bonds is 23. The van der Waals surface area contributed by atoms with Crippen molar-refractivity contribution in [2.75, 3.05) is 19.8 Å². The summed E-state index contributed by atoms with van der Waals surface area (Å²) in [6, 6.07) is 58.8. The Kier molecular flexibility index (Phi) is 17.1. The van der Waals surface area contributed by atoms with E-state index in [-0.39, 0.29) is 52.9 Å². The molecule has 0 saturated carbocycles. The maximum atomic E-state index is 12.1. The average Bonchev–Trinajstić information content (AvgIpc) is 3.58. The van der Waals surface area contributed by atoms with Gasteiger partial charge in [-0.15, -0.1) is 0 Å². The van der Waals surface area contributed by atoms with Gasteiger partial charge in [-0.3, -0.25) is 0 Å². The zero-order chi connectivity index (χ0) is 44.5. The number of aliphatic hydroxyl groups excluding tert-OH is 2. The average molecular weight is 883 g/mol. The minimum absolute atomic E-state index is 0.0372. The monoisotopic (exact) mass is 882 g/mol. The van der Waals surface area contributed by atoms with Crippen molar-refractivity contribution in [1.82, 2.24) is 0 Å². The largest absolute Gasteiger partial charge is 0.387 e. The molecule has 0 aromatic heterocycles. The predicted molar refractivity (Wildman–Crippen MR) is 243 cm³/mol. The van der Waals surface area contributed by atoms with Crippen LogP contribution < -0.4 is 0 Å². The molecule has 9 atom stereocenters. The highest BCUT2D eigenvalue weighted by Gasteiger charge is 2.60. The molecule has 340 valence electrons. The summed E-state index contributed by atoms with van der Waals surface area (Å²) in [5.74, 6) is -1.95. The van der Waals surface area contributed by atoms with Gasteiger partial charge in [0.15, 0.2) is 6.29 Å². The molecule has 0 bridgehead atoms. The van der Waals surface area contributed by atoms with E-state index in [1.165, 1.54) is 0 Å². The van der Waals surface area contributed by atoms with Crippen LogP contribution in [0.3, 0.4) is 0 Å². The second-order valence-electron chi connectivity index (χ2n) is 16.3. The second-order valence-corrected chi connectivity index (χ2v) is 16.3. The fourth-order valence-corrected chi connectivity index (χ4v) is 8.03. The summed E-state index contributed by atoms with van der Waals surface area (Å²) in [4.78, 5) is 0. The van der Waals surface area contributed by atoms with Gasteiger partial charge in [-0.1, -0.05) is 182 Å². The SMILES string of the molecule is O[C@H]1[C@@H](O)[C@](COCc2ccccc2)(O[C@H]2O[C@H](COCc3ccccc3)[C@@H](OCc3ccccc3)[C@H](OCc3ccccc3)[C@@H]2OCc2ccccc2)O[C@@H]1COCc1ccccc1. The van der Waals surface area contributed by atoms with E-state index in [1.54, 1.807) is 0 Å². The molecule has 0 aliphatic carbocycles. The van der Waals surface area contributed by atoms with Gasteiger partial charge < -0.3 is 52.8 Å². The van der Waals surface area contributed by atoms with E-state index in [1.807, 2.05) is 182 Å². The highest BCUT2D eigenvalue weighted by molar-refractivity contribution is 5.18. The molecule has 65 heavy (non-hydrogen) atoms. The highest BCUT2D eigenvalue weighted by Crippen LogP contribution is 2.39. The molecule has 2 aliphatic rings. The molecule has 6 aromatic rings. The molecular weight excluding hydrogens is 825 g/mol. The first-order chi connectivity index (χ1) is 32.0. The predicted octanol–water partition coefficient (Wildman–Crippen LogP) is 7.95. The fourth-order valence-electron chi connectivity index (χ4n) is 8.03. The zero-order valence-corrected chi connectivity index (χ0v) is 36.4. The summed E-state index contributed by atoms with van der Waals surface area (Å²) in [7, 11) is 0. The first kappa shape index (κ1) is 46.4. The molecule has 2 saturated heterocycles. The molecule has 0 radical (unpaired) electrons. The summed E-state index contributed by atoms with van der Waals surface area (Å²) in [5.41, 5.74) is 5.66. The Labute approximate surface area is 381 Å². The number of aliphatic hydroxyl groups is 2. The van der Waals surface area contributed by atoms with Crippen molar-refractivity contribution in [3.63, 3.8) is 0 Å². The van der Waals surface area contributed by atoms with Crippen LogP contribution in [0.2, 0.25) is 0 Å². The minimum Gasteiger partial charge on any atom is -0.387 e. The maximum Gasteiger partial charge on any atom is 0.224 e. The lowest BCUT2D eigenvalue weighted by molar-refractivity contribution is -0.396. The maximum absolute atomic E-state index is 12.1. The van der Waals surface area contributed by atoms with Crippen LogP contribution in [0.5, 0.6) is 0 Å². The quantitative estimate of drug-likeness (QED) is 0.0652. The molecule has 0 spiro atoms. The van der Waals surface area contributed by atoms with E-state index >= 15 is 0 Å².